The third-order valence-corrected chi connectivity index (χ3v) is 2.98. The van der Waals surface area contributed by atoms with E-state index in [4.69, 9.17) is 14.2 Å². The summed E-state index contributed by atoms with van der Waals surface area (Å²) >= 11 is 3.30. The molecule has 0 fully saturated rings. The summed E-state index contributed by atoms with van der Waals surface area (Å²) in [5.74, 6) is 2.27. The Morgan fingerprint density at radius 1 is 1.35 bits per heavy atom. The molecule has 1 aromatic carbocycles. The summed E-state index contributed by atoms with van der Waals surface area (Å²) in [6.45, 7) is 11.5. The maximum absolute atomic E-state index is 5.77. The molecule has 4 nitrogen and oxygen atoms in total. The molecule has 0 amide bonds. The fraction of sp³-hybridized carbons (Fsp3) is 0.467. The molecule has 0 aliphatic carbocycles. The molecule has 0 radical (unpaired) electrons. The first-order valence-electron chi connectivity index (χ1n) is 6.49. The van der Waals surface area contributed by atoms with Crippen LogP contribution in [0.15, 0.2) is 23.2 Å². The van der Waals surface area contributed by atoms with Gasteiger partial charge >= 0.3 is 0 Å². The van der Waals surface area contributed by atoms with Crippen molar-refractivity contribution in [2.24, 2.45) is 0 Å². The molecule has 1 aliphatic heterocycles. The van der Waals surface area contributed by atoms with Gasteiger partial charge in [0.15, 0.2) is 11.5 Å². The molecule has 0 spiro atoms. The van der Waals surface area contributed by atoms with E-state index in [-0.39, 0.29) is 12.3 Å². The molecule has 0 atom stereocenters. The second-order valence-electron chi connectivity index (χ2n) is 5.72. The van der Waals surface area contributed by atoms with Crippen molar-refractivity contribution < 1.29 is 14.2 Å². The summed E-state index contributed by atoms with van der Waals surface area (Å²) in [7, 11) is 0. The lowest BCUT2D eigenvalue weighted by Gasteiger charge is -2.22. The van der Waals surface area contributed by atoms with Gasteiger partial charge in [0.05, 0.1) is 0 Å². The first kappa shape index (κ1) is 15.2. The van der Waals surface area contributed by atoms with Crippen LogP contribution in [0, 0.1) is 0 Å². The molecule has 0 aromatic heterocycles. The van der Waals surface area contributed by atoms with Gasteiger partial charge in [-0.15, -0.1) is 0 Å². The van der Waals surface area contributed by atoms with E-state index in [1.54, 1.807) is 0 Å². The third kappa shape index (κ3) is 4.15. The Balaban J connectivity index is 2.20. The Hall–Kier alpha value is -1.20. The van der Waals surface area contributed by atoms with Crippen LogP contribution in [0.25, 0.3) is 0 Å². The van der Waals surface area contributed by atoms with E-state index in [9.17, 15) is 0 Å². The van der Waals surface area contributed by atoms with Crippen molar-refractivity contribution in [3.05, 3.63) is 28.8 Å². The van der Waals surface area contributed by atoms with Crippen molar-refractivity contribution in [3.63, 3.8) is 0 Å². The number of rotatable bonds is 5. The molecule has 1 heterocycles. The largest absolute Gasteiger partial charge is 0.488 e. The molecule has 0 unspecified atom stereocenters. The number of benzene rings is 1. The predicted molar refractivity (Wildman–Crippen MR) is 82.7 cm³/mol. The van der Waals surface area contributed by atoms with Gasteiger partial charge in [-0.25, -0.2) is 0 Å². The Morgan fingerprint density at radius 2 is 2.00 bits per heavy atom. The summed E-state index contributed by atoms with van der Waals surface area (Å²) in [5.41, 5.74) is 1.07. The van der Waals surface area contributed by atoms with E-state index >= 15 is 0 Å². The van der Waals surface area contributed by atoms with Crippen LogP contribution in [0.2, 0.25) is 0 Å². The lowest BCUT2D eigenvalue weighted by molar-refractivity contribution is 0.173. The van der Waals surface area contributed by atoms with Gasteiger partial charge in [-0.2, -0.15) is 0 Å². The molecular formula is C15H20BrNO3. The number of fused-ring (bicyclic) bond motifs is 1. The molecule has 2 rings (SSSR count). The van der Waals surface area contributed by atoms with Crippen LogP contribution >= 0.6 is 15.9 Å². The standard InChI is InChI=1S/C15H20BrNO3/c1-10(16)8-18-12-6-14-13(19-9-20-14)5-11(12)7-17-15(2,3)4/h5-6,17H,1,7-9H2,2-4H3. The minimum absolute atomic E-state index is 0.0344. The van der Waals surface area contributed by atoms with Gasteiger partial charge in [-0.05, 0) is 26.8 Å². The molecule has 0 saturated heterocycles. The highest BCUT2D eigenvalue weighted by Crippen LogP contribution is 2.38. The predicted octanol–water partition coefficient (Wildman–Crippen LogP) is 3.59. The van der Waals surface area contributed by atoms with Crippen molar-refractivity contribution >= 4 is 15.9 Å². The van der Waals surface area contributed by atoms with Gasteiger partial charge in [0.1, 0.15) is 12.4 Å². The van der Waals surface area contributed by atoms with Crippen molar-refractivity contribution in [2.75, 3.05) is 13.4 Å². The topological polar surface area (TPSA) is 39.7 Å². The number of ether oxygens (including phenoxy) is 3. The number of halogens is 1. The molecule has 110 valence electrons. The SMILES string of the molecule is C=C(Br)COc1cc2c(cc1CNC(C)(C)C)OCO2. The van der Waals surface area contributed by atoms with E-state index in [0.717, 1.165) is 27.3 Å². The van der Waals surface area contributed by atoms with E-state index in [1.165, 1.54) is 0 Å². The molecule has 20 heavy (non-hydrogen) atoms. The smallest absolute Gasteiger partial charge is 0.231 e. The highest BCUT2D eigenvalue weighted by Gasteiger charge is 2.19. The van der Waals surface area contributed by atoms with E-state index in [2.05, 4.69) is 48.6 Å². The summed E-state index contributed by atoms with van der Waals surface area (Å²) in [6.07, 6.45) is 0. The van der Waals surface area contributed by atoms with Crippen LogP contribution in [-0.2, 0) is 6.54 Å². The van der Waals surface area contributed by atoms with Crippen LogP contribution in [0.4, 0.5) is 0 Å². The third-order valence-electron chi connectivity index (χ3n) is 2.75. The van der Waals surface area contributed by atoms with Crippen LogP contribution < -0.4 is 19.5 Å². The van der Waals surface area contributed by atoms with Crippen molar-refractivity contribution in [3.8, 4) is 17.2 Å². The van der Waals surface area contributed by atoms with E-state index < -0.39 is 0 Å². The monoisotopic (exact) mass is 341 g/mol. The summed E-state index contributed by atoms with van der Waals surface area (Å²) in [6, 6.07) is 3.84. The zero-order valence-corrected chi connectivity index (χ0v) is 13.7. The van der Waals surface area contributed by atoms with Crippen LogP contribution in [0.3, 0.4) is 0 Å². The normalized spacial score (nSPS) is 13.4. The van der Waals surface area contributed by atoms with Gasteiger partial charge in [0, 0.05) is 28.2 Å². The first-order chi connectivity index (χ1) is 9.35. The van der Waals surface area contributed by atoms with Gasteiger partial charge in [-0.3, -0.25) is 0 Å². The Labute approximate surface area is 128 Å². The van der Waals surface area contributed by atoms with Gasteiger partial charge in [0.25, 0.3) is 0 Å². The first-order valence-corrected chi connectivity index (χ1v) is 7.28. The molecule has 0 bridgehead atoms. The molecule has 5 heteroatoms. The molecule has 1 N–H and O–H groups in total. The van der Waals surface area contributed by atoms with Gasteiger partial charge < -0.3 is 19.5 Å². The zero-order chi connectivity index (χ0) is 14.8. The number of hydrogen-bond donors (Lipinski definition) is 1. The number of hydrogen-bond acceptors (Lipinski definition) is 4. The summed E-state index contributed by atoms with van der Waals surface area (Å²) in [4.78, 5) is 0. The average Bonchev–Trinajstić information content (AvgIpc) is 2.79. The fourth-order valence-electron chi connectivity index (χ4n) is 1.75. The Bertz CT molecular complexity index is 509. The maximum atomic E-state index is 5.77. The van der Waals surface area contributed by atoms with Crippen molar-refractivity contribution in [1.29, 1.82) is 0 Å². The van der Waals surface area contributed by atoms with E-state index in [1.807, 2.05) is 12.1 Å². The highest BCUT2D eigenvalue weighted by atomic mass is 79.9. The Kier molecular flexibility index (Phi) is 4.60. The average molecular weight is 342 g/mol. The lowest BCUT2D eigenvalue weighted by Crippen LogP contribution is -2.35. The van der Waals surface area contributed by atoms with Gasteiger partial charge in [-0.1, -0.05) is 22.5 Å². The van der Waals surface area contributed by atoms with Crippen LogP contribution in [0.5, 0.6) is 17.2 Å². The van der Waals surface area contributed by atoms with Crippen molar-refractivity contribution in [1.82, 2.24) is 5.32 Å². The maximum Gasteiger partial charge on any atom is 0.231 e. The van der Waals surface area contributed by atoms with Crippen molar-refractivity contribution in [2.45, 2.75) is 32.9 Å². The Morgan fingerprint density at radius 3 is 2.60 bits per heavy atom. The lowest BCUT2D eigenvalue weighted by atomic mass is 10.1. The summed E-state index contributed by atoms with van der Waals surface area (Å²) in [5, 5.41) is 3.45. The fourth-order valence-corrected chi connectivity index (χ4v) is 1.87. The molecular weight excluding hydrogens is 322 g/mol. The summed E-state index contributed by atoms with van der Waals surface area (Å²) < 4.78 is 17.4. The second-order valence-corrected chi connectivity index (χ2v) is 6.84. The van der Waals surface area contributed by atoms with Gasteiger partial charge in [0.2, 0.25) is 6.79 Å². The highest BCUT2D eigenvalue weighted by molar-refractivity contribution is 9.11. The zero-order valence-electron chi connectivity index (χ0n) is 12.1. The molecule has 1 aromatic rings. The van der Waals surface area contributed by atoms with Crippen LogP contribution in [-0.4, -0.2) is 18.9 Å². The minimum Gasteiger partial charge on any atom is -0.488 e. The van der Waals surface area contributed by atoms with Crippen LogP contribution in [0.1, 0.15) is 26.3 Å². The second kappa shape index (κ2) is 6.06. The number of nitrogens with one attached hydrogen (secondary N) is 1. The quantitative estimate of drug-likeness (QED) is 0.888. The van der Waals surface area contributed by atoms with E-state index in [0.29, 0.717) is 13.2 Å². The molecule has 0 saturated carbocycles. The molecule has 1 aliphatic rings. The minimum atomic E-state index is 0.0344.